The number of rotatable bonds is 3. The normalized spacial score (nSPS) is 9.31. The zero-order chi connectivity index (χ0) is 9.52. The molecule has 0 bridgehead atoms. The van der Waals surface area contributed by atoms with Crippen molar-refractivity contribution >= 4 is 6.09 Å². The van der Waals surface area contributed by atoms with E-state index in [-0.39, 0.29) is 6.61 Å². The molecular formula is C8H10N2O3. The van der Waals surface area contributed by atoms with Crippen LogP contribution in [0.3, 0.4) is 0 Å². The van der Waals surface area contributed by atoms with Crippen LogP contribution < -0.4 is 11.3 Å². The molecular weight excluding hydrogens is 172 g/mol. The second-order valence-corrected chi connectivity index (χ2v) is 2.26. The van der Waals surface area contributed by atoms with E-state index in [4.69, 9.17) is 5.84 Å². The lowest BCUT2D eigenvalue weighted by atomic mass is 10.2. The summed E-state index contributed by atoms with van der Waals surface area (Å²) in [4.78, 5) is 19.2. The van der Waals surface area contributed by atoms with E-state index < -0.39 is 6.09 Å². The first-order valence-electron chi connectivity index (χ1n) is 3.67. The van der Waals surface area contributed by atoms with E-state index in [9.17, 15) is 4.79 Å². The Morgan fingerprint density at radius 3 is 2.69 bits per heavy atom. The third kappa shape index (κ3) is 3.55. The van der Waals surface area contributed by atoms with Crippen molar-refractivity contribution in [2.75, 3.05) is 0 Å². The van der Waals surface area contributed by atoms with Gasteiger partial charge >= 0.3 is 6.09 Å². The van der Waals surface area contributed by atoms with Crippen molar-refractivity contribution in [1.82, 2.24) is 5.43 Å². The van der Waals surface area contributed by atoms with Crippen LogP contribution in [-0.2, 0) is 16.4 Å². The Balaban J connectivity index is 2.24. The molecule has 0 fully saturated rings. The molecule has 5 nitrogen and oxygen atoms in total. The first kappa shape index (κ1) is 9.50. The molecule has 0 unspecified atom stereocenters. The highest BCUT2D eigenvalue weighted by Crippen LogP contribution is 2.00. The van der Waals surface area contributed by atoms with Crippen molar-refractivity contribution in [3.8, 4) is 0 Å². The Morgan fingerprint density at radius 2 is 2.08 bits per heavy atom. The first-order chi connectivity index (χ1) is 6.33. The van der Waals surface area contributed by atoms with Crippen molar-refractivity contribution in [2.45, 2.75) is 6.61 Å². The third-order valence-corrected chi connectivity index (χ3v) is 1.32. The molecule has 0 saturated carbocycles. The van der Waals surface area contributed by atoms with Crippen molar-refractivity contribution in [2.24, 2.45) is 5.84 Å². The Hall–Kier alpha value is -1.59. The second kappa shape index (κ2) is 5.13. The van der Waals surface area contributed by atoms with Crippen LogP contribution in [0.15, 0.2) is 30.3 Å². The molecule has 13 heavy (non-hydrogen) atoms. The Bertz CT molecular complexity index is 263. The highest BCUT2D eigenvalue weighted by molar-refractivity contribution is 5.65. The summed E-state index contributed by atoms with van der Waals surface area (Å²) in [6.07, 6.45) is -0.823. The summed E-state index contributed by atoms with van der Waals surface area (Å²) in [5.74, 6) is 4.75. The largest absolute Gasteiger partial charge is 0.452 e. The molecule has 0 aliphatic carbocycles. The Kier molecular flexibility index (Phi) is 3.74. The van der Waals surface area contributed by atoms with Gasteiger partial charge in [0.25, 0.3) is 0 Å². The standard InChI is InChI=1S/C8H10N2O3/c9-10-8(11)13-12-6-7-4-2-1-3-5-7/h1-5H,6,9H2,(H,10,11). The minimum Gasteiger partial charge on any atom is -0.274 e. The summed E-state index contributed by atoms with van der Waals surface area (Å²) in [7, 11) is 0. The van der Waals surface area contributed by atoms with E-state index in [0.717, 1.165) is 5.56 Å². The van der Waals surface area contributed by atoms with Crippen LogP contribution in [0.1, 0.15) is 5.56 Å². The smallest absolute Gasteiger partial charge is 0.274 e. The van der Waals surface area contributed by atoms with Gasteiger partial charge in [-0.05, 0) is 5.56 Å². The summed E-state index contributed by atoms with van der Waals surface area (Å²) in [6.45, 7) is 0.203. The molecule has 0 heterocycles. The van der Waals surface area contributed by atoms with Gasteiger partial charge < -0.3 is 0 Å². The van der Waals surface area contributed by atoms with Gasteiger partial charge in [0, 0.05) is 0 Å². The van der Waals surface area contributed by atoms with E-state index in [1.807, 2.05) is 30.3 Å². The fraction of sp³-hybridized carbons (Fsp3) is 0.125. The molecule has 0 aliphatic heterocycles. The van der Waals surface area contributed by atoms with E-state index in [1.54, 1.807) is 5.43 Å². The topological polar surface area (TPSA) is 73.6 Å². The number of carbonyl (C=O) groups is 1. The van der Waals surface area contributed by atoms with Crippen molar-refractivity contribution in [1.29, 1.82) is 0 Å². The van der Waals surface area contributed by atoms with Crippen LogP contribution in [0.5, 0.6) is 0 Å². The van der Waals surface area contributed by atoms with Crippen LogP contribution in [0.2, 0.25) is 0 Å². The summed E-state index contributed by atoms with van der Waals surface area (Å²) < 4.78 is 0. The van der Waals surface area contributed by atoms with E-state index >= 15 is 0 Å². The molecule has 70 valence electrons. The summed E-state index contributed by atoms with van der Waals surface area (Å²) >= 11 is 0. The summed E-state index contributed by atoms with van der Waals surface area (Å²) in [6, 6.07) is 9.31. The van der Waals surface area contributed by atoms with Gasteiger partial charge in [-0.25, -0.2) is 10.6 Å². The predicted molar refractivity (Wildman–Crippen MR) is 45.0 cm³/mol. The molecule has 3 N–H and O–H groups in total. The molecule has 0 saturated heterocycles. The number of benzene rings is 1. The van der Waals surface area contributed by atoms with E-state index in [0.29, 0.717) is 0 Å². The number of hydrazine groups is 1. The zero-order valence-corrected chi connectivity index (χ0v) is 6.90. The first-order valence-corrected chi connectivity index (χ1v) is 3.67. The Morgan fingerprint density at radius 1 is 1.38 bits per heavy atom. The Labute approximate surface area is 75.3 Å². The fourth-order valence-corrected chi connectivity index (χ4v) is 0.749. The lowest BCUT2D eigenvalue weighted by Crippen LogP contribution is -2.30. The summed E-state index contributed by atoms with van der Waals surface area (Å²) in [5.41, 5.74) is 2.67. The van der Waals surface area contributed by atoms with Crippen LogP contribution in [0.4, 0.5) is 4.79 Å². The second-order valence-electron chi connectivity index (χ2n) is 2.26. The highest BCUT2D eigenvalue weighted by Gasteiger charge is 1.98. The molecule has 0 spiro atoms. The monoisotopic (exact) mass is 182 g/mol. The molecule has 1 aromatic carbocycles. The maximum Gasteiger partial charge on any atom is 0.452 e. The third-order valence-electron chi connectivity index (χ3n) is 1.32. The minimum absolute atomic E-state index is 0.203. The van der Waals surface area contributed by atoms with Gasteiger partial charge in [0.05, 0.1) is 0 Å². The number of nitrogens with two attached hydrogens (primary N) is 1. The number of nitrogens with one attached hydrogen (secondary N) is 1. The molecule has 1 amide bonds. The predicted octanol–water partition coefficient (Wildman–Crippen LogP) is 0.718. The highest BCUT2D eigenvalue weighted by atomic mass is 17.2. The van der Waals surface area contributed by atoms with Crippen LogP contribution in [-0.4, -0.2) is 6.09 Å². The average molecular weight is 182 g/mol. The van der Waals surface area contributed by atoms with Crippen LogP contribution in [0.25, 0.3) is 0 Å². The molecule has 0 atom stereocenters. The van der Waals surface area contributed by atoms with Gasteiger partial charge in [-0.15, -0.1) is 0 Å². The quantitative estimate of drug-likeness (QED) is 0.312. The number of amides is 1. The summed E-state index contributed by atoms with van der Waals surface area (Å²) in [5, 5.41) is 0. The SMILES string of the molecule is NNC(=O)OOCc1ccccc1. The molecule has 0 aliphatic rings. The number of hydrogen-bond donors (Lipinski definition) is 2. The van der Waals surface area contributed by atoms with Crippen molar-refractivity contribution in [3.63, 3.8) is 0 Å². The molecule has 5 heteroatoms. The zero-order valence-electron chi connectivity index (χ0n) is 6.90. The molecule has 1 aromatic rings. The van der Waals surface area contributed by atoms with Crippen LogP contribution >= 0.6 is 0 Å². The van der Waals surface area contributed by atoms with Gasteiger partial charge in [0.1, 0.15) is 6.61 Å². The number of hydrogen-bond acceptors (Lipinski definition) is 4. The van der Waals surface area contributed by atoms with Crippen molar-refractivity contribution < 1.29 is 14.6 Å². The lowest BCUT2D eigenvalue weighted by Gasteiger charge is -2.01. The maximum atomic E-state index is 10.4. The van der Waals surface area contributed by atoms with E-state index in [2.05, 4.69) is 9.78 Å². The van der Waals surface area contributed by atoms with Gasteiger partial charge in [0.2, 0.25) is 0 Å². The van der Waals surface area contributed by atoms with Gasteiger partial charge in [-0.2, -0.15) is 4.89 Å². The van der Waals surface area contributed by atoms with Gasteiger partial charge in [-0.1, -0.05) is 30.3 Å². The van der Waals surface area contributed by atoms with Crippen molar-refractivity contribution in [3.05, 3.63) is 35.9 Å². The van der Waals surface area contributed by atoms with Gasteiger partial charge in [-0.3, -0.25) is 10.3 Å². The minimum atomic E-state index is -0.823. The fourth-order valence-electron chi connectivity index (χ4n) is 0.749. The van der Waals surface area contributed by atoms with E-state index in [1.165, 1.54) is 0 Å². The molecule has 1 rings (SSSR count). The lowest BCUT2D eigenvalue weighted by molar-refractivity contribution is -0.248. The van der Waals surface area contributed by atoms with Crippen LogP contribution in [0, 0.1) is 0 Å². The maximum absolute atomic E-state index is 10.4. The molecule has 0 radical (unpaired) electrons. The van der Waals surface area contributed by atoms with Gasteiger partial charge in [0.15, 0.2) is 0 Å². The average Bonchev–Trinajstić information content (AvgIpc) is 2.19. The molecule has 0 aromatic heterocycles. The number of carbonyl (C=O) groups excluding carboxylic acids is 1.